The minimum atomic E-state index is -0.519. The standard InChI is InChI=1S/C10H13N3O2S/c1-7(14)5-11-9(15)4-8-6-13-2-3-16-10(13)12-8/h2-3,6-7,14H,4-5H2,1H3,(H,11,15). The van der Waals surface area contributed by atoms with Gasteiger partial charge in [-0.05, 0) is 6.92 Å². The van der Waals surface area contributed by atoms with E-state index >= 15 is 0 Å². The summed E-state index contributed by atoms with van der Waals surface area (Å²) in [6.45, 7) is 1.91. The van der Waals surface area contributed by atoms with E-state index in [4.69, 9.17) is 5.11 Å². The summed E-state index contributed by atoms with van der Waals surface area (Å²) in [4.78, 5) is 16.6. The van der Waals surface area contributed by atoms with Gasteiger partial charge in [0.2, 0.25) is 5.91 Å². The highest BCUT2D eigenvalue weighted by molar-refractivity contribution is 7.15. The molecule has 2 aromatic heterocycles. The molecular formula is C10H13N3O2S. The van der Waals surface area contributed by atoms with Crippen molar-refractivity contribution in [3.8, 4) is 0 Å². The van der Waals surface area contributed by atoms with E-state index in [0.29, 0.717) is 0 Å². The summed E-state index contributed by atoms with van der Waals surface area (Å²) in [7, 11) is 0. The Morgan fingerprint density at radius 2 is 2.56 bits per heavy atom. The zero-order valence-corrected chi connectivity index (χ0v) is 9.70. The molecule has 0 aliphatic carbocycles. The van der Waals surface area contributed by atoms with Gasteiger partial charge in [0.05, 0.1) is 18.2 Å². The minimum absolute atomic E-state index is 0.119. The summed E-state index contributed by atoms with van der Waals surface area (Å²) in [6, 6.07) is 0. The van der Waals surface area contributed by atoms with Crippen LogP contribution in [0, 0.1) is 0 Å². The molecule has 0 aromatic carbocycles. The van der Waals surface area contributed by atoms with Crippen LogP contribution < -0.4 is 5.32 Å². The number of carbonyl (C=O) groups is 1. The first-order valence-electron chi connectivity index (χ1n) is 5.01. The molecule has 6 heteroatoms. The fourth-order valence-electron chi connectivity index (χ4n) is 1.35. The van der Waals surface area contributed by atoms with Crippen LogP contribution in [0.3, 0.4) is 0 Å². The highest BCUT2D eigenvalue weighted by Crippen LogP contribution is 2.11. The fourth-order valence-corrected chi connectivity index (χ4v) is 2.07. The van der Waals surface area contributed by atoms with E-state index in [1.165, 1.54) is 11.3 Å². The van der Waals surface area contributed by atoms with Crippen LogP contribution in [0.25, 0.3) is 4.96 Å². The van der Waals surface area contributed by atoms with Gasteiger partial charge in [-0.15, -0.1) is 11.3 Å². The van der Waals surface area contributed by atoms with Crippen LogP contribution in [0.1, 0.15) is 12.6 Å². The number of thiazole rings is 1. The van der Waals surface area contributed by atoms with E-state index in [1.54, 1.807) is 6.92 Å². The minimum Gasteiger partial charge on any atom is -0.392 e. The van der Waals surface area contributed by atoms with Crippen molar-refractivity contribution in [3.63, 3.8) is 0 Å². The molecule has 2 rings (SSSR count). The van der Waals surface area contributed by atoms with E-state index < -0.39 is 6.10 Å². The Kier molecular flexibility index (Phi) is 3.21. The second-order valence-corrected chi connectivity index (χ2v) is 4.53. The monoisotopic (exact) mass is 239 g/mol. The Morgan fingerprint density at radius 1 is 1.75 bits per heavy atom. The molecule has 1 amide bonds. The topological polar surface area (TPSA) is 66.6 Å². The Balaban J connectivity index is 1.94. The van der Waals surface area contributed by atoms with Crippen LogP contribution in [0.15, 0.2) is 17.8 Å². The van der Waals surface area contributed by atoms with Crippen LogP contribution in [-0.4, -0.2) is 33.0 Å². The average molecular weight is 239 g/mol. The van der Waals surface area contributed by atoms with Crippen molar-refractivity contribution in [3.05, 3.63) is 23.5 Å². The maximum Gasteiger partial charge on any atom is 0.226 e. The normalized spacial score (nSPS) is 12.9. The van der Waals surface area contributed by atoms with E-state index in [9.17, 15) is 4.79 Å². The molecule has 2 N–H and O–H groups in total. The molecule has 0 saturated heterocycles. The quantitative estimate of drug-likeness (QED) is 0.813. The SMILES string of the molecule is CC(O)CNC(=O)Cc1cn2ccsc2n1. The summed E-state index contributed by atoms with van der Waals surface area (Å²) >= 11 is 1.53. The smallest absolute Gasteiger partial charge is 0.226 e. The Morgan fingerprint density at radius 3 is 3.25 bits per heavy atom. The number of hydrogen-bond acceptors (Lipinski definition) is 4. The number of imidazole rings is 1. The van der Waals surface area contributed by atoms with Crippen LogP contribution in [0.5, 0.6) is 0 Å². The molecule has 2 aromatic rings. The zero-order chi connectivity index (χ0) is 11.5. The van der Waals surface area contributed by atoms with Crippen molar-refractivity contribution in [1.29, 1.82) is 0 Å². The Hall–Kier alpha value is -1.40. The molecule has 86 valence electrons. The van der Waals surface area contributed by atoms with Gasteiger partial charge < -0.3 is 10.4 Å². The lowest BCUT2D eigenvalue weighted by atomic mass is 10.3. The van der Waals surface area contributed by atoms with Crippen molar-refractivity contribution >= 4 is 22.2 Å². The molecule has 0 aliphatic rings. The molecule has 0 saturated carbocycles. The Labute approximate surface area is 96.7 Å². The maximum absolute atomic E-state index is 11.4. The third-order valence-electron chi connectivity index (χ3n) is 2.08. The van der Waals surface area contributed by atoms with E-state index in [2.05, 4.69) is 10.3 Å². The van der Waals surface area contributed by atoms with Crippen molar-refractivity contribution < 1.29 is 9.90 Å². The summed E-state index contributed by atoms with van der Waals surface area (Å²) < 4.78 is 1.89. The van der Waals surface area contributed by atoms with Gasteiger partial charge in [0.25, 0.3) is 0 Å². The predicted octanol–water partition coefficient (Wildman–Crippen LogP) is 0.435. The molecular weight excluding hydrogens is 226 g/mol. The number of carbonyl (C=O) groups excluding carboxylic acids is 1. The third-order valence-corrected chi connectivity index (χ3v) is 2.85. The van der Waals surface area contributed by atoms with Gasteiger partial charge in [0, 0.05) is 24.3 Å². The summed E-state index contributed by atoms with van der Waals surface area (Å²) in [5.41, 5.74) is 0.745. The highest BCUT2D eigenvalue weighted by Gasteiger charge is 2.08. The van der Waals surface area contributed by atoms with Crippen molar-refractivity contribution in [2.24, 2.45) is 0 Å². The van der Waals surface area contributed by atoms with Crippen LogP contribution >= 0.6 is 11.3 Å². The van der Waals surface area contributed by atoms with E-state index in [0.717, 1.165) is 10.7 Å². The molecule has 1 unspecified atom stereocenters. The number of amides is 1. The number of nitrogens with zero attached hydrogens (tertiary/aromatic N) is 2. The number of aromatic nitrogens is 2. The lowest BCUT2D eigenvalue weighted by molar-refractivity contribution is -0.120. The highest BCUT2D eigenvalue weighted by atomic mass is 32.1. The number of aliphatic hydroxyl groups excluding tert-OH is 1. The summed E-state index contributed by atoms with van der Waals surface area (Å²) in [6.07, 6.45) is 3.48. The maximum atomic E-state index is 11.4. The lowest BCUT2D eigenvalue weighted by Gasteiger charge is -2.05. The van der Waals surface area contributed by atoms with E-state index in [1.807, 2.05) is 22.2 Å². The average Bonchev–Trinajstić information content (AvgIpc) is 2.74. The second kappa shape index (κ2) is 4.63. The molecule has 0 aliphatic heterocycles. The molecule has 0 spiro atoms. The second-order valence-electron chi connectivity index (χ2n) is 3.65. The molecule has 1 atom stereocenters. The predicted molar refractivity (Wildman–Crippen MR) is 61.5 cm³/mol. The number of rotatable bonds is 4. The fraction of sp³-hybridized carbons (Fsp3) is 0.400. The first kappa shape index (κ1) is 11.1. The first-order valence-corrected chi connectivity index (χ1v) is 5.89. The molecule has 2 heterocycles. The summed E-state index contributed by atoms with van der Waals surface area (Å²) in [5.74, 6) is -0.119. The summed E-state index contributed by atoms with van der Waals surface area (Å²) in [5, 5.41) is 13.6. The van der Waals surface area contributed by atoms with Gasteiger partial charge in [0.15, 0.2) is 4.96 Å². The molecule has 16 heavy (non-hydrogen) atoms. The van der Waals surface area contributed by atoms with Gasteiger partial charge >= 0.3 is 0 Å². The molecule has 0 bridgehead atoms. The number of nitrogens with one attached hydrogen (secondary N) is 1. The van der Waals surface area contributed by atoms with Crippen molar-refractivity contribution in [2.45, 2.75) is 19.4 Å². The molecule has 0 radical (unpaired) electrons. The third kappa shape index (κ3) is 2.59. The van der Waals surface area contributed by atoms with Gasteiger partial charge in [-0.2, -0.15) is 0 Å². The van der Waals surface area contributed by atoms with Gasteiger partial charge in [0.1, 0.15) is 0 Å². The van der Waals surface area contributed by atoms with Gasteiger partial charge in [-0.3, -0.25) is 9.20 Å². The zero-order valence-electron chi connectivity index (χ0n) is 8.88. The largest absolute Gasteiger partial charge is 0.392 e. The van der Waals surface area contributed by atoms with Crippen LogP contribution in [-0.2, 0) is 11.2 Å². The number of fused-ring (bicyclic) bond motifs is 1. The number of aliphatic hydroxyl groups is 1. The van der Waals surface area contributed by atoms with Crippen LogP contribution in [0.4, 0.5) is 0 Å². The molecule has 5 nitrogen and oxygen atoms in total. The number of hydrogen-bond donors (Lipinski definition) is 2. The first-order chi connectivity index (χ1) is 7.65. The van der Waals surface area contributed by atoms with Crippen molar-refractivity contribution in [2.75, 3.05) is 6.54 Å². The van der Waals surface area contributed by atoms with Crippen LogP contribution in [0.2, 0.25) is 0 Å². The van der Waals surface area contributed by atoms with Gasteiger partial charge in [-0.1, -0.05) is 0 Å². The van der Waals surface area contributed by atoms with E-state index in [-0.39, 0.29) is 18.9 Å². The van der Waals surface area contributed by atoms with Gasteiger partial charge in [-0.25, -0.2) is 4.98 Å². The van der Waals surface area contributed by atoms with Crippen molar-refractivity contribution in [1.82, 2.24) is 14.7 Å². The molecule has 0 fully saturated rings. The lowest BCUT2D eigenvalue weighted by Crippen LogP contribution is -2.31. The Bertz CT molecular complexity index is 460.